The summed E-state index contributed by atoms with van der Waals surface area (Å²) < 4.78 is 13.7. The van der Waals surface area contributed by atoms with Crippen molar-refractivity contribution in [2.45, 2.75) is 6.92 Å². The lowest BCUT2D eigenvalue weighted by Crippen LogP contribution is -2.14. The van der Waals surface area contributed by atoms with E-state index in [1.807, 2.05) is 0 Å². The quantitative estimate of drug-likeness (QED) is 0.741. The molecule has 0 aliphatic heterocycles. The topological polar surface area (TPSA) is 81.1 Å². The molecule has 2 aromatic carbocycles. The Hall–Kier alpha value is -2.56. The SMILES string of the molecule is Cc1ccc(Nc2cccc(C(N)=O)c2N)c(F)c1. The van der Waals surface area contributed by atoms with Gasteiger partial charge >= 0.3 is 0 Å². The lowest BCUT2D eigenvalue weighted by atomic mass is 10.1. The van der Waals surface area contributed by atoms with Gasteiger partial charge in [-0.3, -0.25) is 4.79 Å². The van der Waals surface area contributed by atoms with E-state index in [-0.39, 0.29) is 17.1 Å². The minimum Gasteiger partial charge on any atom is -0.396 e. The molecule has 0 aliphatic carbocycles. The van der Waals surface area contributed by atoms with Crippen molar-refractivity contribution in [1.82, 2.24) is 0 Å². The van der Waals surface area contributed by atoms with Crippen LogP contribution in [0.2, 0.25) is 0 Å². The van der Waals surface area contributed by atoms with Crippen molar-refractivity contribution >= 4 is 23.0 Å². The molecule has 0 spiro atoms. The zero-order valence-electron chi connectivity index (χ0n) is 10.4. The standard InChI is InChI=1S/C14H14FN3O/c1-8-5-6-11(10(15)7-8)18-12-4-2-3-9(13(12)16)14(17)19/h2-7,18H,16H2,1H3,(H2,17,19). The first-order chi connectivity index (χ1) is 8.99. The Labute approximate surface area is 110 Å². The molecule has 0 aromatic heterocycles. The minimum absolute atomic E-state index is 0.204. The van der Waals surface area contributed by atoms with Crippen LogP contribution in [0.25, 0.3) is 0 Å². The number of halogens is 1. The summed E-state index contributed by atoms with van der Waals surface area (Å²) in [4.78, 5) is 11.2. The molecular formula is C14H14FN3O. The first kappa shape index (κ1) is 12.9. The Morgan fingerprint density at radius 2 is 1.95 bits per heavy atom. The first-order valence-electron chi connectivity index (χ1n) is 5.70. The maximum Gasteiger partial charge on any atom is 0.250 e. The van der Waals surface area contributed by atoms with Crippen molar-refractivity contribution in [3.05, 3.63) is 53.3 Å². The Morgan fingerprint density at radius 3 is 2.58 bits per heavy atom. The second-order valence-electron chi connectivity index (χ2n) is 4.24. The molecule has 0 fully saturated rings. The predicted molar refractivity (Wildman–Crippen MR) is 73.8 cm³/mol. The highest BCUT2D eigenvalue weighted by atomic mass is 19.1. The number of benzene rings is 2. The number of rotatable bonds is 3. The van der Waals surface area contributed by atoms with Crippen LogP contribution >= 0.6 is 0 Å². The van der Waals surface area contributed by atoms with Crippen molar-refractivity contribution in [2.75, 3.05) is 11.1 Å². The maximum absolute atomic E-state index is 13.7. The number of carbonyl (C=O) groups excluding carboxylic acids is 1. The van der Waals surface area contributed by atoms with Gasteiger partial charge in [0.2, 0.25) is 0 Å². The molecule has 4 nitrogen and oxygen atoms in total. The Morgan fingerprint density at radius 1 is 1.21 bits per heavy atom. The minimum atomic E-state index is -0.620. The van der Waals surface area contributed by atoms with Crippen LogP contribution in [0, 0.1) is 12.7 Å². The molecule has 2 aromatic rings. The van der Waals surface area contributed by atoms with E-state index < -0.39 is 5.91 Å². The molecule has 0 radical (unpaired) electrons. The van der Waals surface area contributed by atoms with E-state index in [1.165, 1.54) is 12.1 Å². The monoisotopic (exact) mass is 259 g/mol. The van der Waals surface area contributed by atoms with Crippen molar-refractivity contribution in [3.8, 4) is 0 Å². The van der Waals surface area contributed by atoms with Gasteiger partial charge in [0.25, 0.3) is 5.91 Å². The predicted octanol–water partition coefficient (Wildman–Crippen LogP) is 2.56. The van der Waals surface area contributed by atoms with E-state index in [9.17, 15) is 9.18 Å². The first-order valence-corrected chi connectivity index (χ1v) is 5.70. The second kappa shape index (κ2) is 4.97. The number of nitrogens with two attached hydrogens (primary N) is 2. The molecule has 2 rings (SSSR count). The highest BCUT2D eigenvalue weighted by Gasteiger charge is 2.10. The number of aryl methyl sites for hydroxylation is 1. The zero-order chi connectivity index (χ0) is 14.0. The summed E-state index contributed by atoms with van der Waals surface area (Å²) in [6, 6.07) is 9.61. The van der Waals surface area contributed by atoms with Gasteiger partial charge in [-0.05, 0) is 36.8 Å². The fourth-order valence-corrected chi connectivity index (χ4v) is 1.76. The number of nitrogen functional groups attached to an aromatic ring is 1. The lowest BCUT2D eigenvalue weighted by molar-refractivity contribution is 0.100. The molecule has 0 saturated carbocycles. The number of hydrogen-bond acceptors (Lipinski definition) is 3. The van der Waals surface area contributed by atoms with Gasteiger partial charge in [-0.2, -0.15) is 0 Å². The van der Waals surface area contributed by atoms with Gasteiger partial charge in [-0.25, -0.2) is 4.39 Å². The largest absolute Gasteiger partial charge is 0.396 e. The summed E-state index contributed by atoms with van der Waals surface area (Å²) in [6.45, 7) is 1.80. The number of primary amides is 1. The van der Waals surface area contributed by atoms with Gasteiger partial charge in [0, 0.05) is 0 Å². The van der Waals surface area contributed by atoms with E-state index in [1.54, 1.807) is 31.2 Å². The number of para-hydroxylation sites is 1. The smallest absolute Gasteiger partial charge is 0.250 e. The molecule has 0 bridgehead atoms. The van der Waals surface area contributed by atoms with Crippen LogP contribution < -0.4 is 16.8 Å². The van der Waals surface area contributed by atoms with E-state index in [0.29, 0.717) is 11.4 Å². The third-order valence-electron chi connectivity index (χ3n) is 2.77. The van der Waals surface area contributed by atoms with E-state index >= 15 is 0 Å². The molecule has 0 heterocycles. The van der Waals surface area contributed by atoms with Gasteiger partial charge in [0.15, 0.2) is 0 Å². The number of hydrogen-bond donors (Lipinski definition) is 3. The number of amides is 1. The molecular weight excluding hydrogens is 245 g/mol. The average molecular weight is 259 g/mol. The van der Waals surface area contributed by atoms with Gasteiger partial charge in [0.05, 0.1) is 22.6 Å². The van der Waals surface area contributed by atoms with E-state index in [2.05, 4.69) is 5.32 Å². The zero-order valence-corrected chi connectivity index (χ0v) is 10.4. The molecule has 0 saturated heterocycles. The van der Waals surface area contributed by atoms with Crippen molar-refractivity contribution in [2.24, 2.45) is 5.73 Å². The molecule has 19 heavy (non-hydrogen) atoms. The summed E-state index contributed by atoms with van der Waals surface area (Å²) in [5.41, 5.74) is 13.0. The molecule has 5 heteroatoms. The van der Waals surface area contributed by atoms with E-state index in [4.69, 9.17) is 11.5 Å². The fourth-order valence-electron chi connectivity index (χ4n) is 1.76. The van der Waals surface area contributed by atoms with Crippen molar-refractivity contribution < 1.29 is 9.18 Å². The third kappa shape index (κ3) is 2.65. The molecule has 0 atom stereocenters. The summed E-state index contributed by atoms with van der Waals surface area (Å²) in [6.07, 6.45) is 0. The third-order valence-corrected chi connectivity index (χ3v) is 2.77. The fraction of sp³-hybridized carbons (Fsp3) is 0.0714. The van der Waals surface area contributed by atoms with Gasteiger partial charge in [-0.1, -0.05) is 12.1 Å². The molecule has 98 valence electrons. The van der Waals surface area contributed by atoms with Crippen LogP contribution in [-0.4, -0.2) is 5.91 Å². The molecule has 1 amide bonds. The number of anilines is 3. The highest BCUT2D eigenvalue weighted by Crippen LogP contribution is 2.27. The van der Waals surface area contributed by atoms with Crippen LogP contribution in [-0.2, 0) is 0 Å². The lowest BCUT2D eigenvalue weighted by Gasteiger charge is -2.12. The van der Waals surface area contributed by atoms with Gasteiger partial charge in [0.1, 0.15) is 5.82 Å². The van der Waals surface area contributed by atoms with Crippen LogP contribution in [0.5, 0.6) is 0 Å². The summed E-state index contributed by atoms with van der Waals surface area (Å²) in [5.74, 6) is -1.01. The van der Waals surface area contributed by atoms with Crippen molar-refractivity contribution in [3.63, 3.8) is 0 Å². The molecule has 0 aliphatic rings. The normalized spacial score (nSPS) is 10.2. The molecule has 0 unspecified atom stereocenters. The number of carbonyl (C=O) groups is 1. The van der Waals surface area contributed by atoms with Crippen molar-refractivity contribution in [1.29, 1.82) is 0 Å². The second-order valence-corrected chi connectivity index (χ2v) is 4.24. The Bertz CT molecular complexity index is 641. The average Bonchev–Trinajstić information content (AvgIpc) is 2.34. The number of nitrogens with one attached hydrogen (secondary N) is 1. The molecule has 5 N–H and O–H groups in total. The van der Waals surface area contributed by atoms with Crippen LogP contribution in [0.4, 0.5) is 21.5 Å². The van der Waals surface area contributed by atoms with Crippen LogP contribution in [0.15, 0.2) is 36.4 Å². The Balaban J connectivity index is 2.38. The van der Waals surface area contributed by atoms with Gasteiger partial charge < -0.3 is 16.8 Å². The van der Waals surface area contributed by atoms with Gasteiger partial charge in [-0.15, -0.1) is 0 Å². The summed E-state index contributed by atoms with van der Waals surface area (Å²) in [7, 11) is 0. The van der Waals surface area contributed by atoms with Crippen LogP contribution in [0.3, 0.4) is 0 Å². The van der Waals surface area contributed by atoms with E-state index in [0.717, 1.165) is 5.56 Å². The summed E-state index contributed by atoms with van der Waals surface area (Å²) in [5, 5.41) is 2.86. The summed E-state index contributed by atoms with van der Waals surface area (Å²) >= 11 is 0. The maximum atomic E-state index is 13.7. The highest BCUT2D eigenvalue weighted by molar-refractivity contribution is 6.01. The Kier molecular flexibility index (Phi) is 3.37. The van der Waals surface area contributed by atoms with Crippen LogP contribution in [0.1, 0.15) is 15.9 Å².